The van der Waals surface area contributed by atoms with Crippen molar-refractivity contribution >= 4 is 5.91 Å². The summed E-state index contributed by atoms with van der Waals surface area (Å²) in [5, 5.41) is 3.39. The number of nitrogens with zero attached hydrogens (tertiary/aromatic N) is 1. The summed E-state index contributed by atoms with van der Waals surface area (Å²) in [6.45, 7) is 4.59. The second-order valence-electron chi connectivity index (χ2n) is 6.66. The van der Waals surface area contributed by atoms with Crippen molar-refractivity contribution in [2.45, 2.75) is 64.3 Å². The Kier molecular flexibility index (Phi) is 5.68. The Labute approximate surface area is 118 Å². The molecule has 1 saturated carbocycles. The van der Waals surface area contributed by atoms with Crippen molar-refractivity contribution in [1.29, 1.82) is 0 Å². The standard InChI is InChI=1S/C16H30N2O/c1-13-4-3-5-15(12-13)18(2)16(19)7-6-14-8-10-17-11-9-14/h13-15,17H,3-12H2,1-2H3. The monoisotopic (exact) mass is 266 g/mol. The van der Waals surface area contributed by atoms with Crippen molar-refractivity contribution < 1.29 is 4.79 Å². The third-order valence-corrected chi connectivity index (χ3v) is 5.08. The van der Waals surface area contributed by atoms with E-state index >= 15 is 0 Å². The van der Waals surface area contributed by atoms with Gasteiger partial charge in [-0.3, -0.25) is 4.79 Å². The SMILES string of the molecule is CC1CCCC(N(C)C(=O)CCC2CCNCC2)C1. The van der Waals surface area contributed by atoms with Crippen molar-refractivity contribution in [3.8, 4) is 0 Å². The van der Waals surface area contributed by atoms with Crippen LogP contribution in [0.2, 0.25) is 0 Å². The van der Waals surface area contributed by atoms with Crippen LogP contribution in [0, 0.1) is 11.8 Å². The normalized spacial score (nSPS) is 29.2. The highest BCUT2D eigenvalue weighted by molar-refractivity contribution is 5.76. The zero-order valence-corrected chi connectivity index (χ0v) is 12.7. The third-order valence-electron chi connectivity index (χ3n) is 5.08. The van der Waals surface area contributed by atoms with Crippen LogP contribution in [0.25, 0.3) is 0 Å². The molecule has 0 spiro atoms. The van der Waals surface area contributed by atoms with Gasteiger partial charge in [-0.2, -0.15) is 0 Å². The number of nitrogens with one attached hydrogen (secondary N) is 1. The topological polar surface area (TPSA) is 32.3 Å². The molecule has 0 aromatic carbocycles. The molecule has 2 aliphatic rings. The Hall–Kier alpha value is -0.570. The van der Waals surface area contributed by atoms with Gasteiger partial charge in [0, 0.05) is 19.5 Å². The van der Waals surface area contributed by atoms with Crippen LogP contribution in [0.1, 0.15) is 58.3 Å². The van der Waals surface area contributed by atoms with Crippen LogP contribution in [0.4, 0.5) is 0 Å². The smallest absolute Gasteiger partial charge is 0.222 e. The van der Waals surface area contributed by atoms with Crippen molar-refractivity contribution in [2.75, 3.05) is 20.1 Å². The molecule has 1 aliphatic heterocycles. The predicted molar refractivity (Wildman–Crippen MR) is 79.0 cm³/mol. The number of hydrogen-bond donors (Lipinski definition) is 1. The van der Waals surface area contributed by atoms with Gasteiger partial charge in [-0.15, -0.1) is 0 Å². The van der Waals surface area contributed by atoms with E-state index in [1.807, 2.05) is 7.05 Å². The van der Waals surface area contributed by atoms with Crippen LogP contribution in [0.15, 0.2) is 0 Å². The molecule has 110 valence electrons. The van der Waals surface area contributed by atoms with Crippen molar-refractivity contribution in [2.24, 2.45) is 11.8 Å². The maximum Gasteiger partial charge on any atom is 0.222 e. The molecule has 2 rings (SSSR count). The van der Waals surface area contributed by atoms with Crippen LogP contribution in [0.5, 0.6) is 0 Å². The van der Waals surface area contributed by atoms with Crippen molar-refractivity contribution in [3.05, 3.63) is 0 Å². The van der Waals surface area contributed by atoms with Gasteiger partial charge in [0.1, 0.15) is 0 Å². The van der Waals surface area contributed by atoms with Gasteiger partial charge in [-0.05, 0) is 57.0 Å². The van der Waals surface area contributed by atoms with Crippen LogP contribution in [-0.4, -0.2) is 37.0 Å². The van der Waals surface area contributed by atoms with Crippen LogP contribution in [0.3, 0.4) is 0 Å². The Balaban J connectivity index is 1.72. The van der Waals surface area contributed by atoms with E-state index < -0.39 is 0 Å². The minimum Gasteiger partial charge on any atom is -0.343 e. The van der Waals surface area contributed by atoms with E-state index in [9.17, 15) is 4.79 Å². The lowest BCUT2D eigenvalue weighted by Crippen LogP contribution is -2.40. The van der Waals surface area contributed by atoms with Gasteiger partial charge >= 0.3 is 0 Å². The summed E-state index contributed by atoms with van der Waals surface area (Å²) in [4.78, 5) is 14.4. The van der Waals surface area contributed by atoms with E-state index in [1.54, 1.807) is 0 Å². The molecule has 3 nitrogen and oxygen atoms in total. The van der Waals surface area contributed by atoms with Crippen molar-refractivity contribution in [3.63, 3.8) is 0 Å². The fourth-order valence-electron chi connectivity index (χ4n) is 3.63. The Morgan fingerprint density at radius 1 is 1.21 bits per heavy atom. The first-order valence-electron chi connectivity index (χ1n) is 8.13. The van der Waals surface area contributed by atoms with E-state index in [-0.39, 0.29) is 0 Å². The van der Waals surface area contributed by atoms with Crippen molar-refractivity contribution in [1.82, 2.24) is 10.2 Å². The maximum atomic E-state index is 12.3. The first-order chi connectivity index (χ1) is 9.16. The highest BCUT2D eigenvalue weighted by Gasteiger charge is 2.25. The predicted octanol–water partition coefficient (Wildman–Crippen LogP) is 2.80. The van der Waals surface area contributed by atoms with Gasteiger partial charge < -0.3 is 10.2 Å². The first-order valence-corrected chi connectivity index (χ1v) is 8.13. The van der Waals surface area contributed by atoms with E-state index in [4.69, 9.17) is 0 Å². The summed E-state index contributed by atoms with van der Waals surface area (Å²) in [5.41, 5.74) is 0. The first kappa shape index (κ1) is 14.8. The summed E-state index contributed by atoms with van der Waals surface area (Å²) in [5.74, 6) is 1.93. The number of carbonyl (C=O) groups is 1. The zero-order chi connectivity index (χ0) is 13.7. The number of carbonyl (C=O) groups excluding carboxylic acids is 1. The molecule has 1 N–H and O–H groups in total. The number of hydrogen-bond acceptors (Lipinski definition) is 2. The molecule has 2 atom stereocenters. The average Bonchev–Trinajstić information content (AvgIpc) is 2.45. The van der Waals surface area contributed by atoms with E-state index in [2.05, 4.69) is 17.1 Å². The van der Waals surface area contributed by atoms with E-state index in [1.165, 1.54) is 38.5 Å². The van der Waals surface area contributed by atoms with Gasteiger partial charge in [0.05, 0.1) is 0 Å². The minimum atomic E-state index is 0.373. The molecule has 1 amide bonds. The van der Waals surface area contributed by atoms with Crippen LogP contribution < -0.4 is 5.32 Å². The fraction of sp³-hybridized carbons (Fsp3) is 0.938. The molecule has 0 aromatic heterocycles. The van der Waals surface area contributed by atoms with Crippen LogP contribution >= 0.6 is 0 Å². The average molecular weight is 266 g/mol. The lowest BCUT2D eigenvalue weighted by molar-refractivity contribution is -0.133. The molecule has 1 saturated heterocycles. The third kappa shape index (κ3) is 4.48. The maximum absolute atomic E-state index is 12.3. The molecule has 1 heterocycles. The Morgan fingerprint density at radius 2 is 1.95 bits per heavy atom. The molecule has 0 radical (unpaired) electrons. The zero-order valence-electron chi connectivity index (χ0n) is 12.7. The lowest BCUT2D eigenvalue weighted by atomic mass is 9.86. The summed E-state index contributed by atoms with van der Waals surface area (Å²) in [7, 11) is 2.02. The van der Waals surface area contributed by atoms with E-state index in [0.717, 1.165) is 37.8 Å². The highest BCUT2D eigenvalue weighted by atomic mass is 16.2. The fourth-order valence-corrected chi connectivity index (χ4v) is 3.63. The molecule has 0 bridgehead atoms. The number of rotatable bonds is 4. The van der Waals surface area contributed by atoms with Gasteiger partial charge in [0.15, 0.2) is 0 Å². The van der Waals surface area contributed by atoms with Gasteiger partial charge in [0.2, 0.25) is 5.91 Å². The molecular weight excluding hydrogens is 236 g/mol. The van der Waals surface area contributed by atoms with Gasteiger partial charge in [-0.1, -0.05) is 19.8 Å². The second-order valence-corrected chi connectivity index (χ2v) is 6.66. The lowest BCUT2D eigenvalue weighted by Gasteiger charge is -2.34. The molecule has 3 heteroatoms. The minimum absolute atomic E-state index is 0.373. The molecule has 2 fully saturated rings. The second kappa shape index (κ2) is 7.28. The largest absolute Gasteiger partial charge is 0.343 e. The summed E-state index contributed by atoms with van der Waals surface area (Å²) in [6.07, 6.45) is 9.38. The van der Waals surface area contributed by atoms with Gasteiger partial charge in [-0.25, -0.2) is 0 Å². The molecule has 1 aliphatic carbocycles. The quantitative estimate of drug-likeness (QED) is 0.848. The molecule has 19 heavy (non-hydrogen) atoms. The molecule has 0 aromatic rings. The summed E-state index contributed by atoms with van der Waals surface area (Å²) in [6, 6.07) is 0.504. The number of piperidine rings is 1. The summed E-state index contributed by atoms with van der Waals surface area (Å²) >= 11 is 0. The Morgan fingerprint density at radius 3 is 2.63 bits per heavy atom. The summed E-state index contributed by atoms with van der Waals surface area (Å²) < 4.78 is 0. The highest BCUT2D eigenvalue weighted by Crippen LogP contribution is 2.27. The molecular formula is C16H30N2O. The van der Waals surface area contributed by atoms with Gasteiger partial charge in [0.25, 0.3) is 0 Å². The number of amides is 1. The van der Waals surface area contributed by atoms with E-state index in [0.29, 0.717) is 11.9 Å². The van der Waals surface area contributed by atoms with Crippen LogP contribution in [-0.2, 0) is 4.79 Å². The Bertz CT molecular complexity index is 286. The molecule has 2 unspecified atom stereocenters.